The monoisotopic (exact) mass is 573 g/mol. The fourth-order valence-electron chi connectivity index (χ4n) is 2.33. The number of carbonyl (C=O) groups is 2. The van der Waals surface area contributed by atoms with Crippen molar-refractivity contribution in [3.05, 3.63) is 24.3 Å². The molecule has 0 aromatic heterocycles. The third-order valence-electron chi connectivity index (χ3n) is 4.54. The molecule has 0 saturated carbocycles. The smallest absolute Gasteiger partial charge is 0.333 e. The number of nitrogens with zero attached hydrogens (tertiary/aromatic N) is 1. The summed E-state index contributed by atoms with van der Waals surface area (Å²) in [5.41, 5.74) is 0.669. The van der Waals surface area contributed by atoms with Gasteiger partial charge in [-0.15, -0.1) is 0 Å². The third-order valence-corrected chi connectivity index (χ3v) is 6.66. The molecule has 0 aromatic carbocycles. The molecule has 0 aliphatic carbocycles. The summed E-state index contributed by atoms with van der Waals surface area (Å²) in [6.07, 6.45) is 2.32. The Balaban J connectivity index is -0.000000514. The van der Waals surface area contributed by atoms with Gasteiger partial charge >= 0.3 is 11.9 Å². The zero-order valence-corrected chi connectivity index (χ0v) is 24.0. The zero-order chi connectivity index (χ0) is 28.6. The van der Waals surface area contributed by atoms with Crippen LogP contribution in [0.2, 0.25) is 0 Å². The molecular weight excluding hydrogens is 526 g/mol. The highest BCUT2D eigenvalue weighted by Crippen LogP contribution is 2.27. The number of rotatable bonds is 12. The van der Waals surface area contributed by atoms with E-state index >= 15 is 0 Å². The van der Waals surface area contributed by atoms with E-state index in [1.807, 2.05) is 32.8 Å². The molecule has 1 aliphatic heterocycles. The van der Waals surface area contributed by atoms with Gasteiger partial charge in [-0.25, -0.2) is 9.59 Å². The number of likely N-dealkylation sites (N-methyl/N-ethyl adjacent to an activating group) is 1. The lowest BCUT2D eigenvalue weighted by Gasteiger charge is -2.24. The fraction of sp³-hybridized carbons (Fsp3) is 0.750. The highest BCUT2D eigenvalue weighted by Gasteiger charge is 2.20. The van der Waals surface area contributed by atoms with Crippen LogP contribution >= 0.6 is 0 Å². The van der Waals surface area contributed by atoms with Crippen LogP contribution in [0.25, 0.3) is 0 Å². The number of hydrogen-bond donors (Lipinski definition) is 1. The Hall–Kier alpha value is -1.80. The van der Waals surface area contributed by atoms with Crippen molar-refractivity contribution >= 4 is 32.2 Å². The second-order valence-corrected chi connectivity index (χ2v) is 12.7. The van der Waals surface area contributed by atoms with E-state index in [1.54, 1.807) is 13.8 Å². The van der Waals surface area contributed by atoms with Gasteiger partial charge in [0.2, 0.25) is 0 Å². The Labute approximate surface area is 224 Å². The summed E-state index contributed by atoms with van der Waals surface area (Å²) in [5, 5.41) is 0. The van der Waals surface area contributed by atoms with Crippen LogP contribution in [-0.2, 0) is 43.5 Å². The van der Waals surface area contributed by atoms with Crippen molar-refractivity contribution in [3.8, 4) is 0 Å². The summed E-state index contributed by atoms with van der Waals surface area (Å²) < 4.78 is 64.3. The first-order chi connectivity index (χ1) is 16.3. The molecule has 1 heterocycles. The van der Waals surface area contributed by atoms with Crippen LogP contribution in [0, 0.1) is 5.41 Å². The van der Waals surface area contributed by atoms with Crippen LogP contribution < -0.4 is 0 Å². The quantitative estimate of drug-likeness (QED) is 0.158. The molecule has 1 fully saturated rings. The minimum Gasteiger partial charge on any atom is -0.462 e. The van der Waals surface area contributed by atoms with Gasteiger partial charge in [-0.1, -0.05) is 34.4 Å². The molecule has 37 heavy (non-hydrogen) atoms. The average molecular weight is 574 g/mol. The van der Waals surface area contributed by atoms with Gasteiger partial charge in [-0.3, -0.25) is 8.74 Å². The third kappa shape index (κ3) is 27.1. The summed E-state index contributed by atoms with van der Waals surface area (Å²) in [5.74, 6) is -0.759. The van der Waals surface area contributed by atoms with Crippen molar-refractivity contribution in [2.24, 2.45) is 5.41 Å². The summed E-state index contributed by atoms with van der Waals surface area (Å²) in [7, 11) is -3.08. The van der Waals surface area contributed by atoms with Crippen molar-refractivity contribution in [2.45, 2.75) is 60.8 Å². The topological polar surface area (TPSA) is 154 Å². The fourth-order valence-corrected chi connectivity index (χ4v) is 3.80. The predicted octanol–water partition coefficient (Wildman–Crippen LogP) is 3.23. The van der Waals surface area contributed by atoms with Gasteiger partial charge in [-0.2, -0.15) is 16.8 Å². The normalized spacial score (nSPS) is 14.2. The number of hydrogen-bond acceptors (Lipinski definition) is 10. The standard InChI is InChI=1S/C12H22O5S.C8H15NO2.C3H6O3S.CH4/c1-10(2)11(13)17-8-7-12(3,4)6-5-9-18(14,15)16;1-7(2)8(10)11-6-5-9(3)4;4-7(5)3-1-2-6-7;/h1,5-9H2,2-4H3,(H,14,15,16);1,5-6H2,2-4H3;1-3H2;1H4. The largest absolute Gasteiger partial charge is 0.462 e. The summed E-state index contributed by atoms with van der Waals surface area (Å²) in [6.45, 7) is 15.9. The Kier molecular flexibility index (Phi) is 20.7. The molecule has 0 aromatic rings. The lowest BCUT2D eigenvalue weighted by atomic mass is 9.85. The van der Waals surface area contributed by atoms with Crippen LogP contribution in [0.15, 0.2) is 24.3 Å². The summed E-state index contributed by atoms with van der Waals surface area (Å²) in [6, 6.07) is 0. The second-order valence-electron chi connectivity index (χ2n) is 9.38. The molecule has 1 rings (SSSR count). The van der Waals surface area contributed by atoms with Gasteiger partial charge in [-0.05, 0) is 59.0 Å². The lowest BCUT2D eigenvalue weighted by molar-refractivity contribution is -0.140. The van der Waals surface area contributed by atoms with Gasteiger partial charge in [0.05, 0.1) is 24.7 Å². The van der Waals surface area contributed by atoms with E-state index in [2.05, 4.69) is 17.3 Å². The van der Waals surface area contributed by atoms with Crippen molar-refractivity contribution in [3.63, 3.8) is 0 Å². The maximum absolute atomic E-state index is 11.1. The highest BCUT2D eigenvalue weighted by atomic mass is 32.2. The molecule has 0 atom stereocenters. The van der Waals surface area contributed by atoms with Gasteiger partial charge in [0.25, 0.3) is 20.2 Å². The van der Waals surface area contributed by atoms with E-state index in [0.717, 1.165) is 6.54 Å². The SMILES string of the molecule is C.C=C(C)C(=O)OCCC(C)(C)CCCS(=O)(=O)O.C=C(C)C(=O)OCCN(C)C.O=S1(=O)CCCO1. The van der Waals surface area contributed by atoms with Gasteiger partial charge in [0, 0.05) is 17.7 Å². The molecule has 0 unspecified atom stereocenters. The summed E-state index contributed by atoms with van der Waals surface area (Å²) >= 11 is 0. The molecule has 13 heteroatoms. The maximum atomic E-state index is 11.1. The Bertz CT molecular complexity index is 911. The summed E-state index contributed by atoms with van der Waals surface area (Å²) in [4.78, 5) is 23.9. The number of esters is 2. The van der Waals surface area contributed by atoms with E-state index in [0.29, 0.717) is 50.0 Å². The number of ether oxygens (including phenoxy) is 2. The Morgan fingerprint density at radius 3 is 1.84 bits per heavy atom. The first-order valence-corrected chi connectivity index (χ1v) is 14.6. The van der Waals surface area contributed by atoms with Gasteiger partial charge in [0.15, 0.2) is 0 Å². The van der Waals surface area contributed by atoms with Gasteiger partial charge < -0.3 is 14.4 Å². The van der Waals surface area contributed by atoms with Crippen LogP contribution in [0.5, 0.6) is 0 Å². The van der Waals surface area contributed by atoms with E-state index in [9.17, 15) is 26.4 Å². The molecule has 0 radical (unpaired) electrons. The maximum Gasteiger partial charge on any atom is 0.333 e. The zero-order valence-electron chi connectivity index (χ0n) is 22.4. The first-order valence-electron chi connectivity index (χ1n) is 11.4. The highest BCUT2D eigenvalue weighted by molar-refractivity contribution is 7.86. The van der Waals surface area contributed by atoms with Crippen molar-refractivity contribution < 1.29 is 44.6 Å². The van der Waals surface area contributed by atoms with Crippen molar-refractivity contribution in [2.75, 3.05) is 52.0 Å². The number of carbonyl (C=O) groups excluding carboxylic acids is 2. The van der Waals surface area contributed by atoms with Crippen molar-refractivity contribution in [1.82, 2.24) is 4.90 Å². The minimum atomic E-state index is -3.89. The molecule has 0 bridgehead atoms. The van der Waals surface area contributed by atoms with Crippen LogP contribution in [0.1, 0.15) is 60.8 Å². The van der Waals surface area contributed by atoms with Crippen molar-refractivity contribution in [1.29, 1.82) is 0 Å². The van der Waals surface area contributed by atoms with Crippen LogP contribution in [0.3, 0.4) is 0 Å². The van der Waals surface area contributed by atoms with E-state index in [1.165, 1.54) is 0 Å². The lowest BCUT2D eigenvalue weighted by Crippen LogP contribution is -2.20. The molecule has 1 N–H and O–H groups in total. The predicted molar refractivity (Wildman–Crippen MR) is 145 cm³/mol. The average Bonchev–Trinajstić information content (AvgIpc) is 3.11. The van der Waals surface area contributed by atoms with E-state index < -0.39 is 26.2 Å². The second kappa shape index (κ2) is 19.3. The molecule has 0 spiro atoms. The first kappa shape index (κ1) is 39.7. The molecule has 0 amide bonds. The molecule has 1 saturated heterocycles. The van der Waals surface area contributed by atoms with Crippen LogP contribution in [0.4, 0.5) is 0 Å². The van der Waals surface area contributed by atoms with Gasteiger partial charge in [0.1, 0.15) is 6.61 Å². The molecule has 220 valence electrons. The minimum absolute atomic E-state index is 0. The Morgan fingerprint density at radius 2 is 1.51 bits per heavy atom. The molecule has 1 aliphatic rings. The molecular formula is C24H47NO10S2. The Morgan fingerprint density at radius 1 is 1.03 bits per heavy atom. The molecule has 11 nitrogen and oxygen atoms in total. The van der Waals surface area contributed by atoms with E-state index in [4.69, 9.17) is 14.0 Å². The van der Waals surface area contributed by atoms with Crippen LogP contribution in [-0.4, -0.2) is 90.2 Å². The van der Waals surface area contributed by atoms with E-state index in [-0.39, 0.29) is 36.9 Å².